The Hall–Kier alpha value is -9.18. The molecule has 0 saturated heterocycles. The standard InChI is InChI=1S/C69H61N3/c1-4-7-9-11-22-53-70(64-27-16-13-17-28-64)54-24-26-56(25-6-3)57-33-35-59(36-34-57)62-43-49-68(50-44-62)72(67-31-20-15-21-32-67)69-51-45-63(46-52-69)60-39-37-58(38-40-60)61-41-47-66(48-42-61)71(55-23-12-10-8-5-2)65-29-18-14-19-30-65/h4-52H,1-3,53-55H2/b9-7-,10-8-,22-11-,23-12-,26-24-,56-25+. The number of benzene rings is 8. The zero-order valence-corrected chi connectivity index (χ0v) is 40.9. The second-order valence-corrected chi connectivity index (χ2v) is 17.0. The van der Waals surface area contributed by atoms with Gasteiger partial charge in [0.05, 0.1) is 0 Å². The molecule has 0 fully saturated rings. The normalized spacial score (nSPS) is 11.8. The number of nitrogens with zero attached hydrogens (tertiary/aromatic N) is 3. The second kappa shape index (κ2) is 26.0. The van der Waals surface area contributed by atoms with E-state index in [9.17, 15) is 0 Å². The van der Waals surface area contributed by atoms with E-state index in [1.165, 1.54) is 27.9 Å². The van der Waals surface area contributed by atoms with Gasteiger partial charge >= 0.3 is 0 Å². The summed E-state index contributed by atoms with van der Waals surface area (Å²) in [5.41, 5.74) is 16.0. The molecule has 0 amide bonds. The molecule has 0 bridgehead atoms. The molecule has 3 nitrogen and oxygen atoms in total. The van der Waals surface area contributed by atoms with Gasteiger partial charge in [-0.05, 0) is 117 Å². The number of para-hydroxylation sites is 3. The number of anilines is 6. The van der Waals surface area contributed by atoms with E-state index in [1.807, 2.05) is 30.4 Å². The Labute approximate surface area is 428 Å². The van der Waals surface area contributed by atoms with Crippen molar-refractivity contribution in [2.45, 2.75) is 0 Å². The van der Waals surface area contributed by atoms with Crippen LogP contribution in [-0.2, 0) is 0 Å². The maximum Gasteiger partial charge on any atom is 0.0462 e. The fourth-order valence-electron chi connectivity index (χ4n) is 8.55. The molecule has 0 saturated carbocycles. The third-order valence-electron chi connectivity index (χ3n) is 12.3. The van der Waals surface area contributed by atoms with Gasteiger partial charge in [-0.3, -0.25) is 0 Å². The summed E-state index contributed by atoms with van der Waals surface area (Å²) in [5, 5.41) is 0. The highest BCUT2D eigenvalue weighted by Gasteiger charge is 2.14. The van der Waals surface area contributed by atoms with Crippen molar-refractivity contribution in [1.29, 1.82) is 0 Å². The van der Waals surface area contributed by atoms with Gasteiger partial charge in [-0.25, -0.2) is 0 Å². The van der Waals surface area contributed by atoms with Gasteiger partial charge in [0.1, 0.15) is 0 Å². The molecule has 8 aromatic rings. The zero-order chi connectivity index (χ0) is 49.6. The molecule has 8 rings (SSSR count). The molecule has 0 heterocycles. The van der Waals surface area contributed by atoms with Crippen molar-refractivity contribution >= 4 is 39.7 Å². The topological polar surface area (TPSA) is 9.72 Å². The third-order valence-corrected chi connectivity index (χ3v) is 12.3. The number of hydrogen-bond acceptors (Lipinski definition) is 3. The molecule has 0 aliphatic carbocycles. The van der Waals surface area contributed by atoms with Crippen LogP contribution in [0.15, 0.2) is 317 Å². The minimum absolute atomic E-state index is 0.754. The fraction of sp³-hybridized carbons (Fsp3) is 0.0435. The van der Waals surface area contributed by atoms with Crippen molar-refractivity contribution in [3.8, 4) is 33.4 Å². The summed E-state index contributed by atoms with van der Waals surface area (Å²) >= 11 is 0. The van der Waals surface area contributed by atoms with Gasteiger partial charge in [0.15, 0.2) is 0 Å². The van der Waals surface area contributed by atoms with Gasteiger partial charge in [-0.2, -0.15) is 0 Å². The highest BCUT2D eigenvalue weighted by molar-refractivity contribution is 5.82. The molecular weight excluding hydrogens is 871 g/mol. The van der Waals surface area contributed by atoms with Gasteiger partial charge in [-0.1, -0.05) is 244 Å². The monoisotopic (exact) mass is 931 g/mol. The van der Waals surface area contributed by atoms with Crippen LogP contribution in [0.1, 0.15) is 5.56 Å². The summed E-state index contributed by atoms with van der Waals surface area (Å²) in [6.07, 6.45) is 28.2. The smallest absolute Gasteiger partial charge is 0.0462 e. The molecule has 0 unspecified atom stereocenters. The fourth-order valence-corrected chi connectivity index (χ4v) is 8.55. The van der Waals surface area contributed by atoms with Crippen LogP contribution in [0.3, 0.4) is 0 Å². The van der Waals surface area contributed by atoms with Crippen LogP contribution in [0.5, 0.6) is 0 Å². The van der Waals surface area contributed by atoms with Crippen molar-refractivity contribution < 1.29 is 0 Å². The van der Waals surface area contributed by atoms with Crippen LogP contribution >= 0.6 is 0 Å². The van der Waals surface area contributed by atoms with E-state index < -0.39 is 0 Å². The van der Waals surface area contributed by atoms with E-state index in [1.54, 1.807) is 12.2 Å². The van der Waals surface area contributed by atoms with E-state index in [4.69, 9.17) is 0 Å². The quantitative estimate of drug-likeness (QED) is 0.0627. The van der Waals surface area contributed by atoms with Crippen LogP contribution < -0.4 is 14.7 Å². The highest BCUT2D eigenvalue weighted by Crippen LogP contribution is 2.37. The lowest BCUT2D eigenvalue weighted by atomic mass is 9.99. The van der Waals surface area contributed by atoms with Crippen LogP contribution in [0.4, 0.5) is 34.1 Å². The Morgan fingerprint density at radius 2 is 0.681 bits per heavy atom. The first kappa shape index (κ1) is 49.2. The zero-order valence-electron chi connectivity index (χ0n) is 40.9. The van der Waals surface area contributed by atoms with Crippen LogP contribution in [0.2, 0.25) is 0 Å². The van der Waals surface area contributed by atoms with Crippen molar-refractivity contribution in [3.05, 3.63) is 323 Å². The highest BCUT2D eigenvalue weighted by atomic mass is 15.1. The molecule has 72 heavy (non-hydrogen) atoms. The number of hydrogen-bond donors (Lipinski definition) is 0. The average molecular weight is 932 g/mol. The molecule has 0 aromatic heterocycles. The van der Waals surface area contributed by atoms with E-state index in [2.05, 4.69) is 289 Å². The molecule has 0 atom stereocenters. The van der Waals surface area contributed by atoms with E-state index >= 15 is 0 Å². The molecule has 0 radical (unpaired) electrons. The van der Waals surface area contributed by atoms with Crippen LogP contribution in [0, 0.1) is 0 Å². The number of rotatable bonds is 22. The molecule has 0 N–H and O–H groups in total. The maximum atomic E-state index is 4.01. The Bertz CT molecular complexity index is 3140. The molecule has 0 aliphatic rings. The lowest BCUT2D eigenvalue weighted by Gasteiger charge is -2.26. The Morgan fingerprint density at radius 3 is 1.14 bits per heavy atom. The maximum absolute atomic E-state index is 4.01. The SMILES string of the molecule is C=C/C=C\C=C/CN(C/C=C\C(=C/C=C)c1ccc(-c2ccc(N(c3ccccc3)c3ccc(-c4ccc(-c5ccc(N(C/C=C\C=C/C=C)c6ccccc6)cc5)cc4)cc3)cc2)cc1)c1ccccc1. The van der Waals surface area contributed by atoms with E-state index in [-0.39, 0.29) is 0 Å². The average Bonchev–Trinajstić information content (AvgIpc) is 3.44. The van der Waals surface area contributed by atoms with Crippen LogP contribution in [-0.4, -0.2) is 19.6 Å². The first-order valence-corrected chi connectivity index (χ1v) is 24.5. The van der Waals surface area contributed by atoms with Crippen molar-refractivity contribution in [1.82, 2.24) is 0 Å². The lowest BCUT2D eigenvalue weighted by Crippen LogP contribution is -2.23. The minimum Gasteiger partial charge on any atom is -0.364 e. The van der Waals surface area contributed by atoms with Crippen molar-refractivity contribution in [3.63, 3.8) is 0 Å². The largest absolute Gasteiger partial charge is 0.364 e. The summed E-state index contributed by atoms with van der Waals surface area (Å²) in [5.74, 6) is 0. The van der Waals surface area contributed by atoms with Gasteiger partial charge in [0.25, 0.3) is 0 Å². The minimum atomic E-state index is 0.754. The predicted octanol–water partition coefficient (Wildman–Crippen LogP) is 18.5. The first-order valence-electron chi connectivity index (χ1n) is 24.5. The summed E-state index contributed by atoms with van der Waals surface area (Å²) in [6.45, 7) is 13.8. The Balaban J connectivity index is 0.944. The summed E-state index contributed by atoms with van der Waals surface area (Å²) in [6, 6.07) is 75.8. The summed E-state index contributed by atoms with van der Waals surface area (Å²) in [4.78, 5) is 6.97. The predicted molar refractivity (Wildman–Crippen MR) is 314 cm³/mol. The van der Waals surface area contributed by atoms with Gasteiger partial charge in [0, 0.05) is 53.8 Å². The first-order chi connectivity index (χ1) is 35.6. The van der Waals surface area contributed by atoms with Gasteiger partial charge < -0.3 is 14.7 Å². The third kappa shape index (κ3) is 13.3. The van der Waals surface area contributed by atoms with Crippen molar-refractivity contribution in [2.75, 3.05) is 34.3 Å². The van der Waals surface area contributed by atoms with Gasteiger partial charge in [0.2, 0.25) is 0 Å². The van der Waals surface area contributed by atoms with Gasteiger partial charge in [-0.15, -0.1) is 0 Å². The van der Waals surface area contributed by atoms with E-state index in [0.29, 0.717) is 0 Å². The summed E-state index contributed by atoms with van der Waals surface area (Å²) in [7, 11) is 0. The number of allylic oxidation sites excluding steroid dienone is 12. The molecule has 0 spiro atoms. The second-order valence-electron chi connectivity index (χ2n) is 17.0. The lowest BCUT2D eigenvalue weighted by molar-refractivity contribution is 0.954. The molecule has 352 valence electrons. The summed E-state index contributed by atoms with van der Waals surface area (Å²) < 4.78 is 0. The molecule has 3 heteroatoms. The molecule has 8 aromatic carbocycles. The Morgan fingerprint density at radius 1 is 0.319 bits per heavy atom. The molecule has 0 aliphatic heterocycles. The molecular formula is C69H61N3. The Kier molecular flexibility index (Phi) is 17.8. The van der Waals surface area contributed by atoms with Crippen molar-refractivity contribution in [2.24, 2.45) is 0 Å². The van der Waals surface area contributed by atoms with Crippen LogP contribution in [0.25, 0.3) is 39.0 Å². The van der Waals surface area contributed by atoms with E-state index in [0.717, 1.165) is 70.3 Å².